The molecule has 1 heterocycles. The molecule has 0 aliphatic heterocycles. The molecule has 3 rings (SSSR count). The first kappa shape index (κ1) is 43.6. The van der Waals surface area contributed by atoms with Crippen LogP contribution in [0.2, 0.25) is 0 Å². The van der Waals surface area contributed by atoms with Gasteiger partial charge in [-0.25, -0.2) is 14.6 Å². The largest absolute Gasteiger partial charge is 0.469 e. The number of hydrogen-bond acceptors (Lipinski definition) is 10. The molecular formula is C41H56N4O8S. The number of carbonyl (C=O) groups is 5. The van der Waals surface area contributed by atoms with E-state index >= 15 is 0 Å². The number of amides is 3. The molecule has 0 fully saturated rings. The number of carbonyl (C=O) groups excluding carboxylic acids is 5. The van der Waals surface area contributed by atoms with E-state index in [9.17, 15) is 24.0 Å². The Morgan fingerprint density at radius 2 is 1.48 bits per heavy atom. The number of nitrogens with one attached hydrogen (secondary N) is 3. The molecule has 0 saturated heterocycles. The molecule has 12 nitrogen and oxygen atoms in total. The number of aromatic nitrogens is 1. The third-order valence-corrected chi connectivity index (χ3v) is 9.90. The second-order valence-corrected chi connectivity index (χ2v) is 15.8. The van der Waals surface area contributed by atoms with Crippen LogP contribution in [0, 0.1) is 17.8 Å². The number of methoxy groups -OCH3 is 1. The average Bonchev–Trinajstić information content (AvgIpc) is 3.63. The van der Waals surface area contributed by atoms with Gasteiger partial charge in [0.2, 0.25) is 5.91 Å². The molecule has 0 spiro atoms. The molecule has 1 aromatic heterocycles. The Balaban J connectivity index is 1.89. The smallest absolute Gasteiger partial charge is 0.408 e. The van der Waals surface area contributed by atoms with Gasteiger partial charge in [-0.15, -0.1) is 11.3 Å². The average molecular weight is 765 g/mol. The molecule has 3 aromatic rings. The van der Waals surface area contributed by atoms with E-state index in [4.69, 9.17) is 14.2 Å². The Morgan fingerprint density at radius 3 is 2.06 bits per heavy atom. The van der Waals surface area contributed by atoms with Crippen molar-refractivity contribution in [3.8, 4) is 0 Å². The van der Waals surface area contributed by atoms with Crippen LogP contribution in [-0.4, -0.2) is 65.7 Å². The molecule has 3 N–H and O–H groups in total. The highest BCUT2D eigenvalue weighted by atomic mass is 32.1. The monoisotopic (exact) mass is 764 g/mol. The van der Waals surface area contributed by atoms with Crippen LogP contribution in [0.1, 0.15) is 112 Å². The highest BCUT2D eigenvalue weighted by Gasteiger charge is 2.33. The number of rotatable bonds is 18. The summed E-state index contributed by atoms with van der Waals surface area (Å²) >= 11 is 1.17. The van der Waals surface area contributed by atoms with E-state index < -0.39 is 59.6 Å². The zero-order valence-corrected chi connectivity index (χ0v) is 33.7. The third kappa shape index (κ3) is 13.9. The van der Waals surface area contributed by atoms with Gasteiger partial charge in [0.1, 0.15) is 22.3 Å². The number of ether oxygens (including phenoxy) is 3. The molecule has 0 radical (unpaired) electrons. The lowest BCUT2D eigenvalue weighted by Crippen LogP contribution is -2.54. The first-order valence-corrected chi connectivity index (χ1v) is 19.3. The van der Waals surface area contributed by atoms with Crippen molar-refractivity contribution in [1.82, 2.24) is 20.9 Å². The highest BCUT2D eigenvalue weighted by molar-refractivity contribution is 7.09. The summed E-state index contributed by atoms with van der Waals surface area (Å²) in [5.41, 5.74) is 0.711. The lowest BCUT2D eigenvalue weighted by Gasteiger charge is -2.30. The van der Waals surface area contributed by atoms with Crippen LogP contribution in [0.25, 0.3) is 0 Å². The molecule has 0 unspecified atom stereocenters. The Morgan fingerprint density at radius 1 is 0.852 bits per heavy atom. The Hall–Kier alpha value is -4.78. The summed E-state index contributed by atoms with van der Waals surface area (Å²) in [4.78, 5) is 70.5. The Labute approximate surface area is 323 Å². The zero-order valence-electron chi connectivity index (χ0n) is 32.8. The normalized spacial score (nSPS) is 14.8. The number of alkyl carbamates (subject to hydrolysis) is 1. The number of nitrogens with zero attached hydrogens (tertiary/aromatic N) is 1. The van der Waals surface area contributed by atoms with Gasteiger partial charge in [0, 0.05) is 23.9 Å². The predicted octanol–water partition coefficient (Wildman–Crippen LogP) is 7.05. The van der Waals surface area contributed by atoms with Crippen molar-refractivity contribution in [2.24, 2.45) is 17.8 Å². The maximum atomic E-state index is 13.8. The minimum Gasteiger partial charge on any atom is -0.469 e. The van der Waals surface area contributed by atoms with Gasteiger partial charge in [-0.3, -0.25) is 14.4 Å². The summed E-state index contributed by atoms with van der Waals surface area (Å²) in [7, 11) is 1.34. The lowest BCUT2D eigenvalue weighted by atomic mass is 9.94. The first-order chi connectivity index (χ1) is 25.5. The molecule has 13 heteroatoms. The maximum absolute atomic E-state index is 13.8. The SMILES string of the molecule is CC[C@H](C)[C@H](NC(=O)OC(C)(C)C)C(=O)N[C@H](C[C@@H](OC(=O)c1ccccc1)c1nc(C(=O)N[C@@H](Cc2ccccc2)C[C@H](C)C(=O)OC)cs1)C(C)C. The summed E-state index contributed by atoms with van der Waals surface area (Å²) < 4.78 is 16.4. The fourth-order valence-corrected chi connectivity index (χ4v) is 6.56. The number of thiazole rings is 1. The summed E-state index contributed by atoms with van der Waals surface area (Å²) in [6, 6.07) is 16.4. The van der Waals surface area contributed by atoms with Crippen molar-refractivity contribution in [2.45, 2.75) is 111 Å². The van der Waals surface area contributed by atoms with Crippen LogP contribution in [0.3, 0.4) is 0 Å². The van der Waals surface area contributed by atoms with Gasteiger partial charge >= 0.3 is 18.0 Å². The maximum Gasteiger partial charge on any atom is 0.408 e. The summed E-state index contributed by atoms with van der Waals surface area (Å²) in [5, 5.41) is 10.8. The van der Waals surface area contributed by atoms with Crippen LogP contribution in [0.5, 0.6) is 0 Å². The van der Waals surface area contributed by atoms with E-state index in [2.05, 4.69) is 20.9 Å². The van der Waals surface area contributed by atoms with E-state index in [0.29, 0.717) is 29.8 Å². The number of esters is 2. The number of hydrogen-bond donors (Lipinski definition) is 3. The van der Waals surface area contributed by atoms with Crippen LogP contribution < -0.4 is 16.0 Å². The van der Waals surface area contributed by atoms with Gasteiger partial charge in [-0.05, 0) is 63.1 Å². The van der Waals surface area contributed by atoms with Gasteiger partial charge in [-0.2, -0.15) is 0 Å². The van der Waals surface area contributed by atoms with E-state index in [0.717, 1.165) is 5.56 Å². The Kier molecular flexibility index (Phi) is 16.7. The van der Waals surface area contributed by atoms with E-state index in [-0.39, 0.29) is 29.9 Å². The van der Waals surface area contributed by atoms with Crippen LogP contribution in [-0.2, 0) is 30.2 Å². The predicted molar refractivity (Wildman–Crippen MR) is 208 cm³/mol. The molecule has 0 bridgehead atoms. The molecule has 3 amide bonds. The number of benzene rings is 2. The van der Waals surface area contributed by atoms with Crippen LogP contribution in [0.4, 0.5) is 4.79 Å². The topological polar surface area (TPSA) is 162 Å². The van der Waals surface area contributed by atoms with Crippen molar-refractivity contribution < 1.29 is 38.2 Å². The van der Waals surface area contributed by atoms with Crippen molar-refractivity contribution in [3.63, 3.8) is 0 Å². The minimum atomic E-state index is -0.933. The highest BCUT2D eigenvalue weighted by Crippen LogP contribution is 2.30. The van der Waals surface area contributed by atoms with E-state index in [1.165, 1.54) is 18.4 Å². The van der Waals surface area contributed by atoms with Crippen LogP contribution >= 0.6 is 11.3 Å². The van der Waals surface area contributed by atoms with Gasteiger partial charge in [-0.1, -0.05) is 89.6 Å². The van der Waals surface area contributed by atoms with E-state index in [1.807, 2.05) is 58.0 Å². The quantitative estimate of drug-likeness (QED) is 0.0911. The van der Waals surface area contributed by atoms with Crippen molar-refractivity contribution in [2.75, 3.05) is 7.11 Å². The molecule has 54 heavy (non-hydrogen) atoms. The fraction of sp³-hybridized carbons (Fsp3) is 0.512. The standard InChI is InChI=1S/C41H56N4O8S/c1-10-26(4)34(45-40(50)53-41(6,7)8)36(47)43-31(25(2)3)23-33(52-39(49)29-19-15-12-16-20-29)37-44-32(24-54-37)35(46)42-30(21-27(5)38(48)51-9)22-28-17-13-11-14-18-28/h11-20,24-27,30-31,33-34H,10,21-23H2,1-9H3,(H,42,46)(H,43,47)(H,45,50)/t26-,27-,30+,31+,33+,34-/m0/s1. The Bertz CT molecular complexity index is 1670. The van der Waals surface area contributed by atoms with Gasteiger partial charge in [0.25, 0.3) is 5.91 Å². The summed E-state index contributed by atoms with van der Waals surface area (Å²) in [6.45, 7) is 14.7. The molecule has 0 aliphatic rings. The van der Waals surface area contributed by atoms with Gasteiger partial charge in [0.15, 0.2) is 6.10 Å². The summed E-state index contributed by atoms with van der Waals surface area (Å²) in [5.74, 6) is -2.58. The van der Waals surface area contributed by atoms with Gasteiger partial charge in [0.05, 0.1) is 18.6 Å². The lowest BCUT2D eigenvalue weighted by molar-refractivity contribution is -0.145. The minimum absolute atomic E-state index is 0.121. The fourth-order valence-electron chi connectivity index (χ4n) is 5.72. The van der Waals surface area contributed by atoms with E-state index in [1.54, 1.807) is 63.4 Å². The molecule has 6 atom stereocenters. The van der Waals surface area contributed by atoms with Crippen molar-refractivity contribution in [1.29, 1.82) is 0 Å². The first-order valence-electron chi connectivity index (χ1n) is 18.4. The zero-order chi connectivity index (χ0) is 40.0. The summed E-state index contributed by atoms with van der Waals surface area (Å²) in [6.07, 6.45) is -0.0370. The van der Waals surface area contributed by atoms with Crippen molar-refractivity contribution >= 4 is 41.2 Å². The van der Waals surface area contributed by atoms with Crippen LogP contribution in [0.15, 0.2) is 66.0 Å². The molecular weight excluding hydrogens is 709 g/mol. The second-order valence-electron chi connectivity index (χ2n) is 15.0. The molecule has 294 valence electrons. The van der Waals surface area contributed by atoms with Crippen molar-refractivity contribution in [3.05, 3.63) is 87.9 Å². The van der Waals surface area contributed by atoms with Gasteiger partial charge < -0.3 is 30.2 Å². The molecule has 2 aromatic carbocycles. The molecule has 0 aliphatic carbocycles. The molecule has 0 saturated carbocycles. The second kappa shape index (κ2) is 20.6. The third-order valence-electron chi connectivity index (χ3n) is 8.96.